The van der Waals surface area contributed by atoms with Crippen molar-refractivity contribution in [1.82, 2.24) is 0 Å². The van der Waals surface area contributed by atoms with E-state index in [0.717, 1.165) is 31.2 Å². The molecule has 0 saturated heterocycles. The van der Waals surface area contributed by atoms with Gasteiger partial charge in [0.1, 0.15) is 0 Å². The van der Waals surface area contributed by atoms with E-state index in [9.17, 15) is 4.79 Å². The van der Waals surface area contributed by atoms with Gasteiger partial charge in [0.25, 0.3) is 5.95 Å². The molecule has 0 bridgehead atoms. The fourth-order valence-corrected chi connectivity index (χ4v) is 5.92. The van der Waals surface area contributed by atoms with Crippen LogP contribution in [0.4, 0.5) is 0 Å². The predicted molar refractivity (Wildman–Crippen MR) is 123 cm³/mol. The van der Waals surface area contributed by atoms with Crippen molar-refractivity contribution < 1.29 is 13.9 Å². The van der Waals surface area contributed by atoms with Crippen LogP contribution in [0.25, 0.3) is 0 Å². The molecule has 0 fully saturated rings. The number of rotatable bonds is 5. The quantitative estimate of drug-likeness (QED) is 0.384. The Balaban J connectivity index is 1.74. The topological polar surface area (TPSA) is 39.4 Å². The number of benzene rings is 1. The van der Waals surface area contributed by atoms with E-state index < -0.39 is 0 Å². The van der Waals surface area contributed by atoms with Gasteiger partial charge in [-0.1, -0.05) is 53.9 Å². The molecule has 160 valence electrons. The molecule has 4 heteroatoms. The molecule has 1 aliphatic heterocycles. The van der Waals surface area contributed by atoms with E-state index in [-0.39, 0.29) is 28.0 Å². The summed E-state index contributed by atoms with van der Waals surface area (Å²) in [5.41, 5.74) is 2.43. The Kier molecular flexibility index (Phi) is 6.72. The van der Waals surface area contributed by atoms with Gasteiger partial charge in [-0.3, -0.25) is 4.79 Å². The van der Waals surface area contributed by atoms with E-state index in [2.05, 4.69) is 64.7 Å². The van der Waals surface area contributed by atoms with Crippen molar-refractivity contribution in [2.75, 3.05) is 0 Å². The SMILES string of the molecule is CCCC(CC)C(=O)Oc1ccc(C#Cc2ccc3c(c2)C(C)(C)CC(C)(C)S3)o1. The highest BCUT2D eigenvalue weighted by Gasteiger charge is 2.37. The number of carbonyl (C=O) groups excluding carboxylic acids is 1. The Morgan fingerprint density at radius 2 is 1.93 bits per heavy atom. The van der Waals surface area contributed by atoms with Crippen molar-refractivity contribution in [2.24, 2.45) is 5.92 Å². The lowest BCUT2D eigenvalue weighted by Crippen LogP contribution is -2.33. The Morgan fingerprint density at radius 3 is 2.63 bits per heavy atom. The van der Waals surface area contributed by atoms with E-state index in [4.69, 9.17) is 9.15 Å². The molecule has 0 spiro atoms. The molecular formula is C26H32O3S. The molecule has 1 atom stereocenters. The summed E-state index contributed by atoms with van der Waals surface area (Å²) < 4.78 is 11.2. The Morgan fingerprint density at radius 1 is 1.17 bits per heavy atom. The van der Waals surface area contributed by atoms with Gasteiger partial charge in [-0.15, -0.1) is 11.8 Å². The molecule has 1 unspecified atom stereocenters. The van der Waals surface area contributed by atoms with E-state index in [1.807, 2.05) is 18.7 Å². The van der Waals surface area contributed by atoms with Crippen molar-refractivity contribution in [1.29, 1.82) is 0 Å². The molecule has 0 amide bonds. The van der Waals surface area contributed by atoms with Crippen LogP contribution in [0, 0.1) is 17.8 Å². The summed E-state index contributed by atoms with van der Waals surface area (Å²) in [6.45, 7) is 13.3. The number of esters is 1. The van der Waals surface area contributed by atoms with Crippen molar-refractivity contribution in [3.8, 4) is 17.8 Å². The normalized spacial score (nSPS) is 17.4. The summed E-state index contributed by atoms with van der Waals surface area (Å²) >= 11 is 1.94. The summed E-state index contributed by atoms with van der Waals surface area (Å²) in [4.78, 5) is 13.6. The second-order valence-electron chi connectivity index (χ2n) is 9.32. The first-order chi connectivity index (χ1) is 14.1. The van der Waals surface area contributed by atoms with Gasteiger partial charge in [0.15, 0.2) is 5.76 Å². The lowest BCUT2D eigenvalue weighted by molar-refractivity contribution is -0.140. The Bertz CT molecular complexity index is 972. The van der Waals surface area contributed by atoms with E-state index >= 15 is 0 Å². The first kappa shape index (κ1) is 22.6. The Hall–Kier alpha value is -2.12. The summed E-state index contributed by atoms with van der Waals surface area (Å²) in [5, 5.41) is 0. The monoisotopic (exact) mass is 424 g/mol. The van der Waals surface area contributed by atoms with Crippen LogP contribution >= 0.6 is 11.8 Å². The summed E-state index contributed by atoms with van der Waals surface area (Å²) in [6, 6.07) is 9.86. The fourth-order valence-electron chi connectivity index (χ4n) is 4.31. The number of fused-ring (bicyclic) bond motifs is 1. The van der Waals surface area contributed by atoms with Crippen LogP contribution < -0.4 is 4.74 Å². The maximum absolute atomic E-state index is 12.2. The predicted octanol–water partition coefficient (Wildman–Crippen LogP) is 6.96. The third-order valence-corrected chi connectivity index (χ3v) is 6.81. The maximum Gasteiger partial charge on any atom is 0.316 e. The fraction of sp³-hybridized carbons (Fsp3) is 0.500. The van der Waals surface area contributed by atoms with Gasteiger partial charge in [-0.2, -0.15) is 0 Å². The highest BCUT2D eigenvalue weighted by Crippen LogP contribution is 2.50. The number of ether oxygens (including phenoxy) is 1. The Labute approximate surface area is 185 Å². The zero-order valence-corrected chi connectivity index (χ0v) is 19.7. The smallest absolute Gasteiger partial charge is 0.316 e. The molecule has 3 rings (SSSR count). The minimum absolute atomic E-state index is 0.0867. The number of hydrogen-bond donors (Lipinski definition) is 0. The van der Waals surface area contributed by atoms with Crippen LogP contribution in [-0.4, -0.2) is 10.7 Å². The number of carbonyl (C=O) groups is 1. The van der Waals surface area contributed by atoms with E-state index in [1.165, 1.54) is 10.5 Å². The van der Waals surface area contributed by atoms with Crippen LogP contribution in [0.1, 0.15) is 84.1 Å². The van der Waals surface area contributed by atoms with Crippen molar-refractivity contribution in [3.05, 3.63) is 47.2 Å². The third kappa shape index (κ3) is 5.32. The van der Waals surface area contributed by atoms with Crippen molar-refractivity contribution in [3.63, 3.8) is 0 Å². The molecule has 0 aliphatic carbocycles. The first-order valence-corrected chi connectivity index (χ1v) is 11.6. The molecular weight excluding hydrogens is 392 g/mol. The van der Waals surface area contributed by atoms with Crippen molar-refractivity contribution >= 4 is 17.7 Å². The number of hydrogen-bond acceptors (Lipinski definition) is 4. The highest BCUT2D eigenvalue weighted by atomic mass is 32.2. The van der Waals surface area contributed by atoms with Gasteiger partial charge in [-0.25, -0.2) is 0 Å². The van der Waals surface area contributed by atoms with E-state index in [0.29, 0.717) is 5.76 Å². The van der Waals surface area contributed by atoms with Gasteiger partial charge in [-0.05, 0) is 60.4 Å². The van der Waals surface area contributed by atoms with Crippen molar-refractivity contribution in [2.45, 2.75) is 82.3 Å². The zero-order chi connectivity index (χ0) is 21.9. The average molecular weight is 425 g/mol. The van der Waals surface area contributed by atoms with Crippen LogP contribution in [-0.2, 0) is 10.2 Å². The van der Waals surface area contributed by atoms with Crippen LogP contribution in [0.3, 0.4) is 0 Å². The molecule has 0 N–H and O–H groups in total. The van der Waals surface area contributed by atoms with E-state index in [1.54, 1.807) is 12.1 Å². The minimum Gasteiger partial charge on any atom is -0.417 e. The first-order valence-electron chi connectivity index (χ1n) is 10.8. The van der Waals surface area contributed by atoms with Crippen LogP contribution in [0.15, 0.2) is 39.6 Å². The lowest BCUT2D eigenvalue weighted by Gasteiger charge is -2.41. The van der Waals surface area contributed by atoms with Gasteiger partial charge in [0.2, 0.25) is 0 Å². The molecule has 1 aromatic carbocycles. The largest absolute Gasteiger partial charge is 0.417 e. The average Bonchev–Trinajstić information content (AvgIpc) is 3.10. The highest BCUT2D eigenvalue weighted by molar-refractivity contribution is 8.00. The van der Waals surface area contributed by atoms with Gasteiger partial charge in [0.05, 0.1) is 5.92 Å². The van der Waals surface area contributed by atoms with Gasteiger partial charge < -0.3 is 9.15 Å². The summed E-state index contributed by atoms with van der Waals surface area (Å²) in [7, 11) is 0. The molecule has 2 heterocycles. The molecule has 1 aliphatic rings. The molecule has 1 aromatic heterocycles. The molecule has 0 saturated carbocycles. The number of furan rings is 1. The summed E-state index contributed by atoms with van der Waals surface area (Å²) in [6.07, 6.45) is 3.67. The summed E-state index contributed by atoms with van der Waals surface area (Å²) in [5.74, 6) is 6.64. The van der Waals surface area contributed by atoms with Gasteiger partial charge in [0, 0.05) is 21.3 Å². The van der Waals surface area contributed by atoms with Crippen LogP contribution in [0.5, 0.6) is 5.95 Å². The molecule has 0 radical (unpaired) electrons. The second kappa shape index (κ2) is 8.94. The second-order valence-corrected chi connectivity index (χ2v) is 11.1. The lowest BCUT2D eigenvalue weighted by atomic mass is 9.76. The minimum atomic E-state index is -0.231. The van der Waals surface area contributed by atoms with Crippen LogP contribution in [0.2, 0.25) is 0 Å². The maximum atomic E-state index is 12.2. The molecule has 3 nitrogen and oxygen atoms in total. The molecule has 30 heavy (non-hydrogen) atoms. The third-order valence-electron chi connectivity index (χ3n) is 5.54. The number of thioether (sulfide) groups is 1. The molecule has 2 aromatic rings. The zero-order valence-electron chi connectivity index (χ0n) is 18.9. The van der Waals surface area contributed by atoms with Gasteiger partial charge >= 0.3 is 5.97 Å². The standard InChI is InChI=1S/C26H32O3S/c1-7-9-19(8-2)24(27)29-23-15-13-20(28-23)12-10-18-11-14-22-21(16-18)25(3,4)17-26(5,6)30-22/h11,13-16,19H,7-9,17H2,1-6H3.